The van der Waals surface area contributed by atoms with Crippen LogP contribution in [0.25, 0.3) is 0 Å². The molecule has 0 bridgehead atoms. The summed E-state index contributed by atoms with van der Waals surface area (Å²) >= 11 is 0. The lowest BCUT2D eigenvalue weighted by Gasteiger charge is -2.29. The van der Waals surface area contributed by atoms with Crippen LogP contribution in [0.15, 0.2) is 24.3 Å². The summed E-state index contributed by atoms with van der Waals surface area (Å²) in [6.45, 7) is 5.05. The molecule has 3 unspecified atom stereocenters. The van der Waals surface area contributed by atoms with Crippen molar-refractivity contribution in [2.75, 3.05) is 19.6 Å². The molecule has 3 atom stereocenters. The normalized spacial score (nSPS) is 23.9. The number of rotatable bonds is 5. The number of hydrogen-bond acceptors (Lipinski definition) is 5. The molecule has 1 aromatic carbocycles. The molecule has 25 heavy (non-hydrogen) atoms. The molecule has 2 heterocycles. The molecule has 3 rings (SSSR count). The zero-order valence-corrected chi connectivity index (χ0v) is 14.4. The highest BCUT2D eigenvalue weighted by molar-refractivity contribution is 6.22. The Morgan fingerprint density at radius 1 is 1.24 bits per heavy atom. The monoisotopic (exact) mass is 345 g/mol. The summed E-state index contributed by atoms with van der Waals surface area (Å²) in [6, 6.07) is 5.73. The molecule has 1 fully saturated rings. The first-order valence-electron chi connectivity index (χ1n) is 8.55. The third-order valence-corrected chi connectivity index (χ3v) is 4.85. The largest absolute Gasteiger partial charge is 0.391 e. The molecule has 3 N–H and O–H groups in total. The highest BCUT2D eigenvalue weighted by Gasteiger charge is 2.44. The Balaban J connectivity index is 1.76. The van der Waals surface area contributed by atoms with Crippen molar-refractivity contribution in [3.05, 3.63) is 35.4 Å². The molecule has 1 saturated heterocycles. The molecule has 7 nitrogen and oxygen atoms in total. The molecule has 7 heteroatoms. The van der Waals surface area contributed by atoms with Crippen LogP contribution in [0.3, 0.4) is 0 Å². The van der Waals surface area contributed by atoms with Gasteiger partial charge in [0.1, 0.15) is 6.04 Å². The second kappa shape index (κ2) is 6.93. The number of imide groups is 1. The topological polar surface area (TPSA) is 98.7 Å². The van der Waals surface area contributed by atoms with Crippen LogP contribution < -0.4 is 10.6 Å². The van der Waals surface area contributed by atoms with Crippen LogP contribution in [0.5, 0.6) is 0 Å². The number of carbonyl (C=O) groups is 3. The van der Waals surface area contributed by atoms with Gasteiger partial charge >= 0.3 is 0 Å². The second-order valence-electron chi connectivity index (χ2n) is 6.95. The van der Waals surface area contributed by atoms with E-state index in [1.165, 1.54) is 0 Å². The zero-order chi connectivity index (χ0) is 18.1. The average molecular weight is 345 g/mol. The number of nitrogens with zero attached hydrogens (tertiary/aromatic N) is 1. The maximum atomic E-state index is 12.7. The van der Waals surface area contributed by atoms with Crippen molar-refractivity contribution in [3.8, 4) is 0 Å². The van der Waals surface area contributed by atoms with Crippen LogP contribution in [0, 0.1) is 11.8 Å². The van der Waals surface area contributed by atoms with Gasteiger partial charge < -0.3 is 15.7 Å². The minimum absolute atomic E-state index is 0.0704. The van der Waals surface area contributed by atoms with E-state index in [1.807, 2.05) is 0 Å². The van der Waals surface area contributed by atoms with Crippen molar-refractivity contribution in [1.29, 1.82) is 0 Å². The van der Waals surface area contributed by atoms with Gasteiger partial charge in [0, 0.05) is 25.6 Å². The van der Waals surface area contributed by atoms with Gasteiger partial charge in [0.05, 0.1) is 17.2 Å². The van der Waals surface area contributed by atoms with E-state index in [-0.39, 0.29) is 17.7 Å². The minimum Gasteiger partial charge on any atom is -0.391 e. The van der Waals surface area contributed by atoms with E-state index in [0.717, 1.165) is 4.90 Å². The van der Waals surface area contributed by atoms with Crippen LogP contribution in [0.4, 0.5) is 0 Å². The van der Waals surface area contributed by atoms with Gasteiger partial charge in [0.2, 0.25) is 5.91 Å². The smallest absolute Gasteiger partial charge is 0.262 e. The molecule has 0 spiro atoms. The number of amides is 3. The third kappa shape index (κ3) is 3.17. The van der Waals surface area contributed by atoms with Crippen molar-refractivity contribution < 1.29 is 19.5 Å². The van der Waals surface area contributed by atoms with Crippen LogP contribution in [-0.2, 0) is 4.79 Å². The molecule has 2 aliphatic heterocycles. The van der Waals surface area contributed by atoms with E-state index in [1.54, 1.807) is 38.1 Å². The number of benzene rings is 1. The van der Waals surface area contributed by atoms with Gasteiger partial charge in [-0.3, -0.25) is 19.3 Å². The summed E-state index contributed by atoms with van der Waals surface area (Å²) in [6.07, 6.45) is -0.503. The lowest BCUT2D eigenvalue weighted by Crippen LogP contribution is -2.53. The Morgan fingerprint density at radius 2 is 1.84 bits per heavy atom. The predicted octanol–water partition coefficient (Wildman–Crippen LogP) is 0.00370. The highest BCUT2D eigenvalue weighted by Crippen LogP contribution is 2.27. The number of carbonyl (C=O) groups excluding carboxylic acids is 3. The molecule has 1 aromatic rings. The van der Waals surface area contributed by atoms with Crippen LogP contribution in [0.2, 0.25) is 0 Å². The Kier molecular flexibility index (Phi) is 4.87. The zero-order valence-electron chi connectivity index (χ0n) is 14.4. The number of nitrogens with one attached hydrogen (secondary N) is 2. The standard InChI is InChI=1S/C18H23N3O4/c1-10(2)15(16(23)20-8-11-7-19-9-14(11)22)21-17(24)12-5-3-4-6-13(12)18(21)25/h3-6,10-11,14-15,19,22H,7-9H2,1-2H3,(H,20,23). The molecular formula is C18H23N3O4. The molecule has 3 amide bonds. The number of hydrogen-bond donors (Lipinski definition) is 3. The molecule has 0 saturated carbocycles. The van der Waals surface area contributed by atoms with E-state index in [0.29, 0.717) is 30.8 Å². The first kappa shape index (κ1) is 17.6. The number of β-amino-alcohol motifs (C(OH)–C–C–N with tert-alkyl or cyclic N) is 1. The van der Waals surface area contributed by atoms with Gasteiger partial charge in [0.15, 0.2) is 0 Å². The molecule has 0 aromatic heterocycles. The van der Waals surface area contributed by atoms with Crippen molar-refractivity contribution in [2.24, 2.45) is 11.8 Å². The summed E-state index contributed by atoms with van der Waals surface area (Å²) in [5.41, 5.74) is 0.669. The Hall–Kier alpha value is -2.25. The van der Waals surface area contributed by atoms with Crippen LogP contribution >= 0.6 is 0 Å². The summed E-state index contributed by atoms with van der Waals surface area (Å²) in [4.78, 5) is 39.1. The van der Waals surface area contributed by atoms with Crippen LogP contribution in [0.1, 0.15) is 34.6 Å². The van der Waals surface area contributed by atoms with E-state index < -0.39 is 24.0 Å². The van der Waals surface area contributed by atoms with E-state index in [9.17, 15) is 19.5 Å². The maximum Gasteiger partial charge on any atom is 0.262 e. The van der Waals surface area contributed by atoms with Gasteiger partial charge in [-0.15, -0.1) is 0 Å². The lowest BCUT2D eigenvalue weighted by atomic mass is 10.0. The number of aliphatic hydroxyl groups is 1. The third-order valence-electron chi connectivity index (χ3n) is 4.85. The maximum absolute atomic E-state index is 12.7. The first-order chi connectivity index (χ1) is 11.9. The van der Waals surface area contributed by atoms with Gasteiger partial charge in [-0.1, -0.05) is 26.0 Å². The molecule has 0 aliphatic carbocycles. The SMILES string of the molecule is CC(C)C(C(=O)NCC1CNCC1O)N1C(=O)c2ccccc2C1=O. The second-order valence-corrected chi connectivity index (χ2v) is 6.95. The first-order valence-corrected chi connectivity index (χ1v) is 8.55. The van der Waals surface area contributed by atoms with Crippen molar-refractivity contribution in [1.82, 2.24) is 15.5 Å². The fourth-order valence-corrected chi connectivity index (χ4v) is 3.44. The quantitative estimate of drug-likeness (QED) is 0.653. The Labute approximate surface area is 146 Å². The van der Waals surface area contributed by atoms with Gasteiger partial charge in [-0.05, 0) is 18.1 Å². The summed E-state index contributed by atoms with van der Waals surface area (Å²) in [5.74, 6) is -1.54. The number of aliphatic hydroxyl groups excluding tert-OH is 1. The lowest BCUT2D eigenvalue weighted by molar-refractivity contribution is -0.126. The number of fused-ring (bicyclic) bond motifs is 1. The van der Waals surface area contributed by atoms with Crippen molar-refractivity contribution >= 4 is 17.7 Å². The van der Waals surface area contributed by atoms with Crippen molar-refractivity contribution in [3.63, 3.8) is 0 Å². The molecule has 134 valence electrons. The van der Waals surface area contributed by atoms with Gasteiger partial charge in [-0.25, -0.2) is 0 Å². The molecular weight excluding hydrogens is 322 g/mol. The minimum atomic E-state index is -0.876. The summed E-state index contributed by atoms with van der Waals surface area (Å²) in [7, 11) is 0. The average Bonchev–Trinajstić information content (AvgIpc) is 3.10. The van der Waals surface area contributed by atoms with Gasteiger partial charge in [0.25, 0.3) is 11.8 Å². The summed E-state index contributed by atoms with van der Waals surface area (Å²) in [5, 5.41) is 15.7. The molecule has 2 aliphatic rings. The fraction of sp³-hybridized carbons (Fsp3) is 0.500. The summed E-state index contributed by atoms with van der Waals surface area (Å²) < 4.78 is 0. The van der Waals surface area contributed by atoms with Crippen LogP contribution in [-0.4, -0.2) is 59.5 Å². The van der Waals surface area contributed by atoms with E-state index in [4.69, 9.17) is 0 Å². The van der Waals surface area contributed by atoms with Gasteiger partial charge in [-0.2, -0.15) is 0 Å². The highest BCUT2D eigenvalue weighted by atomic mass is 16.3. The Morgan fingerprint density at radius 3 is 2.32 bits per heavy atom. The predicted molar refractivity (Wildman–Crippen MR) is 90.9 cm³/mol. The molecule has 0 radical (unpaired) electrons. The fourth-order valence-electron chi connectivity index (χ4n) is 3.44. The van der Waals surface area contributed by atoms with Crippen molar-refractivity contribution in [2.45, 2.75) is 26.0 Å². The van der Waals surface area contributed by atoms with E-state index >= 15 is 0 Å². The van der Waals surface area contributed by atoms with E-state index in [2.05, 4.69) is 10.6 Å². The Bertz CT molecular complexity index is 668.